The summed E-state index contributed by atoms with van der Waals surface area (Å²) in [5.74, 6) is 0.669. The minimum absolute atomic E-state index is 0.0676. The molecule has 0 spiro atoms. The normalized spacial score (nSPS) is 11.1. The summed E-state index contributed by atoms with van der Waals surface area (Å²) in [5, 5.41) is 0. The lowest BCUT2D eigenvalue weighted by molar-refractivity contribution is -0.122. The average molecular weight is 282 g/mol. The van der Waals surface area contributed by atoms with Crippen molar-refractivity contribution in [3.05, 3.63) is 29.6 Å². The number of para-hydroxylation sites is 1. The maximum atomic E-state index is 10.6. The van der Waals surface area contributed by atoms with Crippen molar-refractivity contribution < 1.29 is 9.53 Å². The molecular weight excluding hydrogens is 266 g/mol. The van der Waals surface area contributed by atoms with Crippen molar-refractivity contribution in [2.75, 3.05) is 13.2 Å². The standard InChI is InChI=1S/C13H16ClN3O2/c1-9-3-2-4-10-13(9)17(12(7-14)16-10)5-6-19-8-11(15)18/h2-4H,5-8H2,1H3,(H2,15,18). The monoisotopic (exact) mass is 281 g/mol. The van der Waals surface area contributed by atoms with E-state index in [2.05, 4.69) is 4.98 Å². The number of benzene rings is 1. The quantitative estimate of drug-likeness (QED) is 0.646. The molecule has 0 bridgehead atoms. The van der Waals surface area contributed by atoms with Gasteiger partial charge >= 0.3 is 0 Å². The van der Waals surface area contributed by atoms with Gasteiger partial charge in [-0.25, -0.2) is 4.98 Å². The van der Waals surface area contributed by atoms with Crippen molar-refractivity contribution in [3.63, 3.8) is 0 Å². The summed E-state index contributed by atoms with van der Waals surface area (Å²) in [7, 11) is 0. The van der Waals surface area contributed by atoms with E-state index in [1.165, 1.54) is 0 Å². The van der Waals surface area contributed by atoms with Gasteiger partial charge in [0.1, 0.15) is 12.4 Å². The highest BCUT2D eigenvalue weighted by Crippen LogP contribution is 2.21. The van der Waals surface area contributed by atoms with Crippen LogP contribution in [0.1, 0.15) is 11.4 Å². The molecule has 0 aliphatic rings. The molecule has 1 aromatic carbocycles. The fourth-order valence-corrected chi connectivity index (χ4v) is 2.29. The Bertz CT molecular complexity index is 595. The predicted octanol–water partition coefficient (Wildman–Crippen LogP) is 1.59. The third-order valence-electron chi connectivity index (χ3n) is 2.87. The van der Waals surface area contributed by atoms with Gasteiger partial charge in [-0.1, -0.05) is 12.1 Å². The van der Waals surface area contributed by atoms with Crippen LogP contribution >= 0.6 is 11.6 Å². The van der Waals surface area contributed by atoms with Crippen LogP contribution in [0.5, 0.6) is 0 Å². The molecule has 19 heavy (non-hydrogen) atoms. The molecule has 1 aromatic heterocycles. The van der Waals surface area contributed by atoms with Crippen LogP contribution in [0, 0.1) is 6.92 Å². The summed E-state index contributed by atoms with van der Waals surface area (Å²) in [6.45, 7) is 2.95. The zero-order valence-electron chi connectivity index (χ0n) is 10.7. The van der Waals surface area contributed by atoms with Gasteiger partial charge in [0.15, 0.2) is 0 Å². The number of carbonyl (C=O) groups excluding carboxylic acids is 1. The number of halogens is 1. The molecule has 2 N–H and O–H groups in total. The molecule has 0 atom stereocenters. The summed E-state index contributed by atoms with van der Waals surface area (Å²) in [5.41, 5.74) is 8.13. The van der Waals surface area contributed by atoms with Gasteiger partial charge in [-0.15, -0.1) is 11.6 Å². The van der Waals surface area contributed by atoms with Crippen molar-refractivity contribution >= 4 is 28.5 Å². The SMILES string of the molecule is Cc1cccc2nc(CCl)n(CCOCC(N)=O)c12. The zero-order valence-corrected chi connectivity index (χ0v) is 11.5. The van der Waals surface area contributed by atoms with Crippen molar-refractivity contribution in [2.24, 2.45) is 5.73 Å². The van der Waals surface area contributed by atoms with E-state index < -0.39 is 5.91 Å². The maximum Gasteiger partial charge on any atom is 0.243 e. The van der Waals surface area contributed by atoms with Crippen molar-refractivity contribution in [2.45, 2.75) is 19.3 Å². The lowest BCUT2D eigenvalue weighted by Crippen LogP contribution is -2.20. The van der Waals surface area contributed by atoms with Crippen LogP contribution in [-0.4, -0.2) is 28.7 Å². The number of rotatable bonds is 6. The highest BCUT2D eigenvalue weighted by Gasteiger charge is 2.11. The molecule has 102 valence electrons. The smallest absolute Gasteiger partial charge is 0.243 e. The molecule has 0 aliphatic heterocycles. The van der Waals surface area contributed by atoms with Crippen molar-refractivity contribution in [1.29, 1.82) is 0 Å². The van der Waals surface area contributed by atoms with Crippen LogP contribution in [-0.2, 0) is 22.0 Å². The molecule has 0 radical (unpaired) electrons. The fraction of sp³-hybridized carbons (Fsp3) is 0.385. The first-order valence-corrected chi connectivity index (χ1v) is 6.53. The van der Waals surface area contributed by atoms with Crippen LogP contribution < -0.4 is 5.73 Å². The van der Waals surface area contributed by atoms with Gasteiger partial charge < -0.3 is 15.0 Å². The fourth-order valence-electron chi connectivity index (χ4n) is 2.08. The van der Waals surface area contributed by atoms with Gasteiger partial charge in [0.2, 0.25) is 5.91 Å². The Balaban J connectivity index is 2.22. The summed E-state index contributed by atoms with van der Waals surface area (Å²) >= 11 is 5.92. The Morgan fingerprint density at radius 3 is 3.00 bits per heavy atom. The van der Waals surface area contributed by atoms with Crippen molar-refractivity contribution in [3.8, 4) is 0 Å². The number of aromatic nitrogens is 2. The second-order valence-corrected chi connectivity index (χ2v) is 4.54. The molecule has 1 amide bonds. The van der Waals surface area contributed by atoms with E-state index in [9.17, 15) is 4.79 Å². The Labute approximate surface area is 116 Å². The summed E-state index contributed by atoms with van der Waals surface area (Å²) in [6.07, 6.45) is 0. The number of hydrogen-bond acceptors (Lipinski definition) is 3. The molecule has 0 saturated carbocycles. The minimum Gasteiger partial charge on any atom is -0.370 e. The number of amides is 1. The van der Waals surface area contributed by atoms with Gasteiger partial charge in [0, 0.05) is 6.54 Å². The van der Waals surface area contributed by atoms with Crippen LogP contribution in [0.25, 0.3) is 11.0 Å². The highest BCUT2D eigenvalue weighted by atomic mass is 35.5. The van der Waals surface area contributed by atoms with Crippen LogP contribution in [0.3, 0.4) is 0 Å². The number of nitrogens with two attached hydrogens (primary N) is 1. The molecule has 0 unspecified atom stereocenters. The number of hydrogen-bond donors (Lipinski definition) is 1. The van der Waals surface area contributed by atoms with E-state index in [-0.39, 0.29) is 6.61 Å². The number of aryl methyl sites for hydroxylation is 1. The molecule has 0 aliphatic carbocycles. The van der Waals surface area contributed by atoms with Gasteiger partial charge in [-0.05, 0) is 18.6 Å². The number of carbonyl (C=O) groups is 1. The first-order valence-electron chi connectivity index (χ1n) is 6.00. The highest BCUT2D eigenvalue weighted by molar-refractivity contribution is 6.16. The summed E-state index contributed by atoms with van der Waals surface area (Å²) in [6, 6.07) is 5.96. The number of nitrogens with zero attached hydrogens (tertiary/aromatic N) is 2. The largest absolute Gasteiger partial charge is 0.370 e. The average Bonchev–Trinajstić information content (AvgIpc) is 2.74. The number of alkyl halides is 1. The van der Waals surface area contributed by atoms with E-state index in [0.717, 1.165) is 22.4 Å². The number of imidazole rings is 1. The molecule has 6 heteroatoms. The van der Waals surface area contributed by atoms with E-state index >= 15 is 0 Å². The summed E-state index contributed by atoms with van der Waals surface area (Å²) < 4.78 is 7.22. The second kappa shape index (κ2) is 6.04. The molecular formula is C13H16ClN3O2. The molecule has 5 nitrogen and oxygen atoms in total. The lowest BCUT2D eigenvalue weighted by atomic mass is 10.2. The third-order valence-corrected chi connectivity index (χ3v) is 3.11. The van der Waals surface area contributed by atoms with E-state index in [4.69, 9.17) is 22.1 Å². The number of fused-ring (bicyclic) bond motifs is 1. The van der Waals surface area contributed by atoms with E-state index in [1.807, 2.05) is 29.7 Å². The van der Waals surface area contributed by atoms with Crippen molar-refractivity contribution in [1.82, 2.24) is 9.55 Å². The van der Waals surface area contributed by atoms with E-state index in [1.54, 1.807) is 0 Å². The Morgan fingerprint density at radius 1 is 1.53 bits per heavy atom. The Morgan fingerprint density at radius 2 is 2.32 bits per heavy atom. The third kappa shape index (κ3) is 3.05. The lowest BCUT2D eigenvalue weighted by Gasteiger charge is -2.09. The Kier molecular flexibility index (Phi) is 4.39. The molecule has 1 heterocycles. The zero-order chi connectivity index (χ0) is 13.8. The van der Waals surface area contributed by atoms with Gasteiger partial charge in [0.25, 0.3) is 0 Å². The molecule has 2 rings (SSSR count). The molecule has 2 aromatic rings. The predicted molar refractivity (Wildman–Crippen MR) is 74.0 cm³/mol. The maximum absolute atomic E-state index is 10.6. The van der Waals surface area contributed by atoms with Crippen LogP contribution in [0.2, 0.25) is 0 Å². The van der Waals surface area contributed by atoms with E-state index in [0.29, 0.717) is 19.0 Å². The van der Waals surface area contributed by atoms with Crippen LogP contribution in [0.4, 0.5) is 0 Å². The number of primary amides is 1. The molecule has 0 fully saturated rings. The summed E-state index contributed by atoms with van der Waals surface area (Å²) in [4.78, 5) is 15.1. The topological polar surface area (TPSA) is 70.1 Å². The Hall–Kier alpha value is -1.59. The van der Waals surface area contributed by atoms with Crippen LogP contribution in [0.15, 0.2) is 18.2 Å². The van der Waals surface area contributed by atoms with Gasteiger partial charge in [0.05, 0.1) is 23.5 Å². The molecule has 0 saturated heterocycles. The first kappa shape index (κ1) is 13.8. The second-order valence-electron chi connectivity index (χ2n) is 4.27. The first-order chi connectivity index (χ1) is 9.13. The van der Waals surface area contributed by atoms with Gasteiger partial charge in [-0.3, -0.25) is 4.79 Å². The van der Waals surface area contributed by atoms with Gasteiger partial charge in [-0.2, -0.15) is 0 Å². The number of ether oxygens (including phenoxy) is 1. The minimum atomic E-state index is -0.468.